The zero-order valence-electron chi connectivity index (χ0n) is 9.45. The van der Waals surface area contributed by atoms with E-state index in [1.54, 1.807) is 24.3 Å². The third-order valence-corrected chi connectivity index (χ3v) is 4.91. The minimum Gasteiger partial charge on any atom is -0.329 e. The molecule has 0 amide bonds. The molecule has 4 nitrogen and oxygen atoms in total. The van der Waals surface area contributed by atoms with Crippen LogP contribution in [0.3, 0.4) is 0 Å². The monoisotopic (exact) mass is 276 g/mol. The molecule has 0 aliphatic carbocycles. The molecule has 17 heavy (non-hydrogen) atoms. The summed E-state index contributed by atoms with van der Waals surface area (Å²) in [6, 6.07) is 8.50. The van der Waals surface area contributed by atoms with Crippen molar-refractivity contribution in [2.75, 3.05) is 13.1 Å². The Labute approximate surface area is 108 Å². The molecule has 0 aromatic heterocycles. The molecule has 0 spiro atoms. The van der Waals surface area contributed by atoms with E-state index in [4.69, 9.17) is 5.73 Å². The quantitative estimate of drug-likeness (QED) is 0.903. The summed E-state index contributed by atoms with van der Waals surface area (Å²) >= 11 is 0. The zero-order valence-corrected chi connectivity index (χ0v) is 11.1. The topological polar surface area (TPSA) is 63.4 Å². The van der Waals surface area contributed by atoms with Crippen LogP contribution in [-0.2, 0) is 10.0 Å². The Hall–Kier alpha value is -0.620. The molecule has 0 radical (unpaired) electrons. The Balaban J connectivity index is 0.00000144. The highest BCUT2D eigenvalue weighted by Crippen LogP contribution is 2.25. The van der Waals surface area contributed by atoms with Crippen LogP contribution in [0.5, 0.6) is 0 Å². The third kappa shape index (κ3) is 2.80. The summed E-state index contributed by atoms with van der Waals surface area (Å²) in [5.74, 6) is 0. The molecule has 1 aliphatic heterocycles. The van der Waals surface area contributed by atoms with Crippen LogP contribution >= 0.6 is 12.4 Å². The third-order valence-electron chi connectivity index (χ3n) is 2.94. The van der Waals surface area contributed by atoms with Crippen LogP contribution in [0.15, 0.2) is 35.2 Å². The lowest BCUT2D eigenvalue weighted by Gasteiger charge is -2.22. The van der Waals surface area contributed by atoms with E-state index in [9.17, 15) is 8.42 Å². The molecule has 1 aliphatic rings. The fourth-order valence-corrected chi connectivity index (χ4v) is 3.81. The van der Waals surface area contributed by atoms with Crippen LogP contribution in [0.2, 0.25) is 0 Å². The largest absolute Gasteiger partial charge is 0.329 e. The number of hydrogen-bond donors (Lipinski definition) is 1. The Morgan fingerprint density at radius 2 is 1.94 bits per heavy atom. The predicted molar refractivity (Wildman–Crippen MR) is 69.7 cm³/mol. The zero-order chi connectivity index (χ0) is 11.6. The molecule has 1 atom stereocenters. The van der Waals surface area contributed by atoms with Gasteiger partial charge in [0.1, 0.15) is 0 Å². The van der Waals surface area contributed by atoms with Crippen LogP contribution in [-0.4, -0.2) is 31.9 Å². The minimum absolute atomic E-state index is 0. The highest BCUT2D eigenvalue weighted by atomic mass is 35.5. The van der Waals surface area contributed by atoms with Crippen molar-refractivity contribution < 1.29 is 8.42 Å². The molecule has 1 heterocycles. The van der Waals surface area contributed by atoms with Crippen molar-refractivity contribution in [3.05, 3.63) is 30.3 Å². The molecular formula is C11H17ClN2O2S. The maximum atomic E-state index is 12.3. The number of rotatable bonds is 3. The summed E-state index contributed by atoms with van der Waals surface area (Å²) in [6.45, 7) is 0.977. The van der Waals surface area contributed by atoms with Crippen molar-refractivity contribution >= 4 is 22.4 Å². The van der Waals surface area contributed by atoms with Gasteiger partial charge >= 0.3 is 0 Å². The predicted octanol–water partition coefficient (Wildman–Crippen LogP) is 1.22. The van der Waals surface area contributed by atoms with Gasteiger partial charge in [0.15, 0.2) is 0 Å². The first-order chi connectivity index (χ1) is 7.66. The Morgan fingerprint density at radius 1 is 1.29 bits per heavy atom. The first kappa shape index (κ1) is 14.4. The lowest BCUT2D eigenvalue weighted by molar-refractivity contribution is 0.393. The van der Waals surface area contributed by atoms with Crippen molar-refractivity contribution in [2.45, 2.75) is 23.8 Å². The maximum absolute atomic E-state index is 12.3. The van der Waals surface area contributed by atoms with E-state index in [0.29, 0.717) is 18.0 Å². The van der Waals surface area contributed by atoms with Gasteiger partial charge in [-0.1, -0.05) is 18.2 Å². The molecule has 1 unspecified atom stereocenters. The van der Waals surface area contributed by atoms with Crippen molar-refractivity contribution in [3.63, 3.8) is 0 Å². The molecule has 2 N–H and O–H groups in total. The van der Waals surface area contributed by atoms with E-state index in [1.807, 2.05) is 6.07 Å². The Morgan fingerprint density at radius 3 is 2.53 bits per heavy atom. The molecule has 2 rings (SSSR count). The van der Waals surface area contributed by atoms with Crippen molar-refractivity contribution in [2.24, 2.45) is 5.73 Å². The van der Waals surface area contributed by atoms with Gasteiger partial charge in [0.2, 0.25) is 10.0 Å². The van der Waals surface area contributed by atoms with Gasteiger partial charge in [-0.2, -0.15) is 4.31 Å². The highest BCUT2D eigenvalue weighted by Gasteiger charge is 2.34. The Bertz CT molecular complexity index is 450. The van der Waals surface area contributed by atoms with E-state index in [-0.39, 0.29) is 18.4 Å². The van der Waals surface area contributed by atoms with Crippen LogP contribution in [0.25, 0.3) is 0 Å². The van der Waals surface area contributed by atoms with Crippen LogP contribution in [0.4, 0.5) is 0 Å². The molecule has 1 saturated heterocycles. The SMILES string of the molecule is Cl.NCC1CCCN1S(=O)(=O)c1ccccc1. The normalized spacial score (nSPS) is 21.1. The summed E-state index contributed by atoms with van der Waals surface area (Å²) in [4.78, 5) is 0.357. The van der Waals surface area contributed by atoms with E-state index in [1.165, 1.54) is 4.31 Å². The lowest BCUT2D eigenvalue weighted by Crippen LogP contribution is -2.39. The summed E-state index contributed by atoms with van der Waals surface area (Å²) in [5.41, 5.74) is 5.59. The lowest BCUT2D eigenvalue weighted by atomic mass is 10.2. The molecule has 0 bridgehead atoms. The van der Waals surface area contributed by atoms with Gasteiger partial charge in [0.25, 0.3) is 0 Å². The fourth-order valence-electron chi connectivity index (χ4n) is 2.09. The first-order valence-electron chi connectivity index (χ1n) is 5.43. The average molecular weight is 277 g/mol. The second kappa shape index (κ2) is 5.82. The number of benzene rings is 1. The first-order valence-corrected chi connectivity index (χ1v) is 6.87. The molecular weight excluding hydrogens is 260 g/mol. The summed E-state index contributed by atoms with van der Waals surface area (Å²) in [7, 11) is -3.35. The van der Waals surface area contributed by atoms with Gasteiger partial charge in [-0.05, 0) is 25.0 Å². The number of nitrogens with two attached hydrogens (primary N) is 1. The summed E-state index contributed by atoms with van der Waals surface area (Å²) in [6.07, 6.45) is 1.76. The van der Waals surface area contributed by atoms with Gasteiger partial charge in [0.05, 0.1) is 4.90 Å². The highest BCUT2D eigenvalue weighted by molar-refractivity contribution is 7.89. The van der Waals surface area contributed by atoms with Gasteiger partial charge in [-0.3, -0.25) is 0 Å². The minimum atomic E-state index is -3.35. The second-order valence-electron chi connectivity index (χ2n) is 3.96. The molecule has 1 aromatic rings. The smallest absolute Gasteiger partial charge is 0.243 e. The van der Waals surface area contributed by atoms with Crippen molar-refractivity contribution in [1.82, 2.24) is 4.31 Å². The van der Waals surface area contributed by atoms with E-state index < -0.39 is 10.0 Å². The van der Waals surface area contributed by atoms with Crippen molar-refractivity contribution in [3.8, 4) is 0 Å². The van der Waals surface area contributed by atoms with Crippen molar-refractivity contribution in [1.29, 1.82) is 0 Å². The number of sulfonamides is 1. The van der Waals surface area contributed by atoms with Crippen LogP contribution in [0, 0.1) is 0 Å². The summed E-state index contributed by atoms with van der Waals surface area (Å²) < 4.78 is 26.1. The molecule has 1 fully saturated rings. The van der Waals surface area contributed by atoms with E-state index in [0.717, 1.165) is 12.8 Å². The molecule has 6 heteroatoms. The Kier molecular flexibility index (Phi) is 4.94. The maximum Gasteiger partial charge on any atom is 0.243 e. The van der Waals surface area contributed by atoms with Crippen LogP contribution in [0.1, 0.15) is 12.8 Å². The van der Waals surface area contributed by atoms with Gasteiger partial charge < -0.3 is 5.73 Å². The van der Waals surface area contributed by atoms with Gasteiger partial charge in [-0.15, -0.1) is 12.4 Å². The summed E-state index contributed by atoms with van der Waals surface area (Å²) in [5, 5.41) is 0. The van der Waals surface area contributed by atoms with Gasteiger partial charge in [-0.25, -0.2) is 8.42 Å². The average Bonchev–Trinajstić information content (AvgIpc) is 2.79. The molecule has 1 aromatic carbocycles. The van der Waals surface area contributed by atoms with E-state index >= 15 is 0 Å². The van der Waals surface area contributed by atoms with Crippen LogP contribution < -0.4 is 5.73 Å². The molecule has 0 saturated carbocycles. The molecule has 96 valence electrons. The fraction of sp³-hybridized carbons (Fsp3) is 0.455. The number of halogens is 1. The number of nitrogens with zero attached hydrogens (tertiary/aromatic N) is 1. The van der Waals surface area contributed by atoms with E-state index in [2.05, 4.69) is 0 Å². The number of hydrogen-bond acceptors (Lipinski definition) is 3. The second-order valence-corrected chi connectivity index (χ2v) is 5.85. The standard InChI is InChI=1S/C11H16N2O2S.ClH/c12-9-10-5-4-8-13(10)16(14,15)11-6-2-1-3-7-11;/h1-3,6-7,10H,4-5,8-9,12H2;1H. The van der Waals surface area contributed by atoms with Gasteiger partial charge in [0, 0.05) is 19.1 Å².